The quantitative estimate of drug-likeness (QED) is 0.322. The molecule has 2 aromatic heterocycles. The van der Waals surface area contributed by atoms with Crippen molar-refractivity contribution in [2.24, 2.45) is 0 Å². The number of carbonyl (C=O) groups excluding carboxylic acids is 2. The maximum Gasteiger partial charge on any atom is 0.408 e. The summed E-state index contributed by atoms with van der Waals surface area (Å²) in [5, 5.41) is 7.63. The number of alkyl halides is 3. The van der Waals surface area contributed by atoms with Crippen molar-refractivity contribution in [1.82, 2.24) is 24.5 Å². The molecular weight excluding hydrogens is 461 g/mol. The molecule has 0 saturated heterocycles. The third-order valence-corrected chi connectivity index (χ3v) is 6.33. The minimum atomic E-state index is -4.40. The van der Waals surface area contributed by atoms with Crippen molar-refractivity contribution >= 4 is 35.7 Å². The monoisotopic (exact) mass is 476 g/mol. The molecule has 5 rings (SSSR count). The van der Waals surface area contributed by atoms with Crippen LogP contribution in [0.15, 0.2) is 41.8 Å². The maximum absolute atomic E-state index is 12.9. The molecule has 2 aliphatic rings. The highest BCUT2D eigenvalue weighted by molar-refractivity contribution is 8.04. The van der Waals surface area contributed by atoms with E-state index < -0.39 is 18.6 Å². The van der Waals surface area contributed by atoms with Crippen LogP contribution in [0, 0.1) is 0 Å². The predicted molar refractivity (Wildman–Crippen MR) is 112 cm³/mol. The molecule has 0 atom stereocenters. The molecule has 0 aliphatic carbocycles. The Morgan fingerprint density at radius 1 is 1.24 bits per heavy atom. The van der Waals surface area contributed by atoms with Gasteiger partial charge in [-0.25, -0.2) is 9.36 Å². The van der Waals surface area contributed by atoms with E-state index in [1.807, 2.05) is 18.2 Å². The number of carbonyl (C=O) groups is 2. The molecule has 0 unspecified atom stereocenters. The van der Waals surface area contributed by atoms with Crippen LogP contribution < -0.4 is 9.04 Å². The molecule has 0 saturated carbocycles. The van der Waals surface area contributed by atoms with Crippen LogP contribution in [0.3, 0.4) is 0 Å². The lowest BCUT2D eigenvalue weighted by Crippen LogP contribution is -2.24. The Bertz CT molecular complexity index is 1280. The molecule has 33 heavy (non-hydrogen) atoms. The summed E-state index contributed by atoms with van der Waals surface area (Å²) in [7, 11) is 0. The summed E-state index contributed by atoms with van der Waals surface area (Å²) in [5.74, 6) is -0.0218. The first-order valence-corrected chi connectivity index (χ1v) is 10.5. The molecule has 0 N–H and O–H groups in total. The highest BCUT2D eigenvalue weighted by Crippen LogP contribution is 2.46. The average Bonchev–Trinajstić information content (AvgIpc) is 3.50. The summed E-state index contributed by atoms with van der Waals surface area (Å²) >= 11 is 1.34. The molecule has 4 heterocycles. The van der Waals surface area contributed by atoms with Gasteiger partial charge >= 0.3 is 12.1 Å². The van der Waals surface area contributed by atoms with Crippen LogP contribution in [0.1, 0.15) is 16.8 Å². The van der Waals surface area contributed by atoms with Crippen LogP contribution in [0.2, 0.25) is 0 Å². The molecule has 13 heteroatoms. The Morgan fingerprint density at radius 2 is 2.09 bits per heavy atom. The van der Waals surface area contributed by atoms with Gasteiger partial charge in [0.05, 0.1) is 19.3 Å². The molecule has 3 aromatic rings. The molecule has 170 valence electrons. The summed E-state index contributed by atoms with van der Waals surface area (Å²) in [6, 6.07) is 5.52. The van der Waals surface area contributed by atoms with E-state index in [1.54, 1.807) is 4.31 Å². The number of aldehydes is 1. The standard InChI is InChI=1S/C20H15F3N6O3S/c21-20(22,23)10-28-19(24-11-26-28)29-8-15-14-2-1-12(5-16(14)32-4-3-17(15)33-29)13-6-25-27(7-13)18(31)9-30/h1-2,5-7,9,11H,3-4,8,10H2. The normalized spacial score (nSPS) is 15.7. The first kappa shape index (κ1) is 21.2. The Labute approximate surface area is 189 Å². The van der Waals surface area contributed by atoms with E-state index in [0.717, 1.165) is 37.3 Å². The van der Waals surface area contributed by atoms with Crippen molar-refractivity contribution in [3.8, 4) is 16.9 Å². The predicted octanol–water partition coefficient (Wildman–Crippen LogP) is 3.21. The van der Waals surface area contributed by atoms with Crippen molar-refractivity contribution < 1.29 is 27.5 Å². The van der Waals surface area contributed by atoms with Crippen molar-refractivity contribution in [1.29, 1.82) is 0 Å². The molecule has 0 amide bonds. The van der Waals surface area contributed by atoms with Crippen molar-refractivity contribution in [3.63, 3.8) is 0 Å². The van der Waals surface area contributed by atoms with Gasteiger partial charge in [-0.1, -0.05) is 12.1 Å². The minimum absolute atomic E-state index is 0.136. The van der Waals surface area contributed by atoms with Crippen molar-refractivity contribution in [3.05, 3.63) is 47.4 Å². The Kier molecular flexibility index (Phi) is 5.19. The van der Waals surface area contributed by atoms with E-state index in [0.29, 0.717) is 30.9 Å². The number of benzene rings is 1. The van der Waals surface area contributed by atoms with Crippen LogP contribution >= 0.6 is 11.9 Å². The minimum Gasteiger partial charge on any atom is -0.493 e. The van der Waals surface area contributed by atoms with E-state index in [4.69, 9.17) is 4.74 Å². The molecule has 0 radical (unpaired) electrons. The Balaban J connectivity index is 1.42. The number of hydrogen-bond donors (Lipinski definition) is 0. The fraction of sp³-hybridized carbons (Fsp3) is 0.250. The highest BCUT2D eigenvalue weighted by atomic mass is 32.2. The maximum atomic E-state index is 12.9. The average molecular weight is 476 g/mol. The zero-order valence-electron chi connectivity index (χ0n) is 16.8. The van der Waals surface area contributed by atoms with Gasteiger partial charge in [0.1, 0.15) is 18.6 Å². The number of halogens is 3. The molecule has 0 fully saturated rings. The van der Waals surface area contributed by atoms with Crippen LogP contribution in [-0.4, -0.2) is 56.1 Å². The van der Waals surface area contributed by atoms with Crippen LogP contribution in [-0.2, 0) is 11.3 Å². The molecule has 1 aromatic carbocycles. The summed E-state index contributed by atoms with van der Waals surface area (Å²) in [4.78, 5) is 27.2. The summed E-state index contributed by atoms with van der Waals surface area (Å²) in [6.07, 6.45) is 0.428. The molecular formula is C20H15F3N6O3S. The summed E-state index contributed by atoms with van der Waals surface area (Å²) in [5.41, 5.74) is 3.17. The lowest BCUT2D eigenvalue weighted by Gasteiger charge is -2.19. The van der Waals surface area contributed by atoms with Gasteiger partial charge in [-0.15, -0.1) is 0 Å². The van der Waals surface area contributed by atoms with Gasteiger partial charge < -0.3 is 4.74 Å². The fourth-order valence-corrected chi connectivity index (χ4v) is 4.84. The zero-order chi connectivity index (χ0) is 23.2. The van der Waals surface area contributed by atoms with Gasteiger partial charge in [-0.2, -0.15) is 28.4 Å². The SMILES string of the molecule is O=CC(=O)n1cc(-c2ccc3c(c2)OCCC2=C3CN(c3ncnn3CC(F)(F)F)S2)cn1. The first-order valence-electron chi connectivity index (χ1n) is 9.76. The topological polar surface area (TPSA) is 95.1 Å². The van der Waals surface area contributed by atoms with E-state index in [-0.39, 0.29) is 12.2 Å². The Hall–Kier alpha value is -3.61. The number of nitrogens with zero attached hydrogens (tertiary/aromatic N) is 6. The van der Waals surface area contributed by atoms with Gasteiger partial charge in [0, 0.05) is 28.6 Å². The van der Waals surface area contributed by atoms with Gasteiger partial charge in [0.25, 0.3) is 0 Å². The van der Waals surface area contributed by atoms with E-state index >= 15 is 0 Å². The third-order valence-electron chi connectivity index (χ3n) is 5.14. The fourth-order valence-electron chi connectivity index (χ4n) is 3.70. The van der Waals surface area contributed by atoms with Gasteiger partial charge in [-0.3, -0.25) is 13.9 Å². The second-order valence-corrected chi connectivity index (χ2v) is 8.42. The van der Waals surface area contributed by atoms with Gasteiger partial charge in [0.15, 0.2) is 0 Å². The van der Waals surface area contributed by atoms with Crippen LogP contribution in [0.25, 0.3) is 16.7 Å². The first-order chi connectivity index (χ1) is 15.8. The largest absolute Gasteiger partial charge is 0.493 e. The summed E-state index contributed by atoms with van der Waals surface area (Å²) < 4.78 is 48.1. The molecule has 0 spiro atoms. The second kappa shape index (κ2) is 8.06. The van der Waals surface area contributed by atoms with Crippen LogP contribution in [0.5, 0.6) is 5.75 Å². The van der Waals surface area contributed by atoms with Crippen molar-refractivity contribution in [2.75, 3.05) is 17.5 Å². The summed E-state index contributed by atoms with van der Waals surface area (Å²) in [6.45, 7) is -0.473. The van der Waals surface area contributed by atoms with E-state index in [2.05, 4.69) is 15.2 Å². The second-order valence-electron chi connectivity index (χ2n) is 7.30. The number of ether oxygens (including phenoxy) is 1. The van der Waals surface area contributed by atoms with Crippen LogP contribution in [0.4, 0.5) is 19.1 Å². The van der Waals surface area contributed by atoms with E-state index in [9.17, 15) is 22.8 Å². The Morgan fingerprint density at radius 3 is 2.88 bits per heavy atom. The lowest BCUT2D eigenvalue weighted by atomic mass is 10.00. The number of hydrogen-bond acceptors (Lipinski definition) is 8. The smallest absolute Gasteiger partial charge is 0.408 e. The number of fused-ring (bicyclic) bond motifs is 2. The van der Waals surface area contributed by atoms with Gasteiger partial charge in [0.2, 0.25) is 12.2 Å². The number of anilines is 1. The van der Waals surface area contributed by atoms with E-state index in [1.165, 1.54) is 24.3 Å². The number of aromatic nitrogens is 5. The molecule has 2 aliphatic heterocycles. The van der Waals surface area contributed by atoms with Gasteiger partial charge in [-0.05, 0) is 29.2 Å². The number of rotatable bonds is 4. The van der Waals surface area contributed by atoms with Crippen molar-refractivity contribution in [2.45, 2.75) is 19.1 Å². The zero-order valence-corrected chi connectivity index (χ0v) is 17.6. The lowest BCUT2D eigenvalue weighted by molar-refractivity contribution is -0.142. The molecule has 9 nitrogen and oxygen atoms in total. The highest BCUT2D eigenvalue weighted by Gasteiger charge is 2.34. The molecule has 0 bridgehead atoms. The third kappa shape index (κ3) is 4.11.